The number of nitrogens with zero attached hydrogens (tertiary/aromatic N) is 1. The van der Waals surface area contributed by atoms with Crippen LogP contribution in [0.2, 0.25) is 0 Å². The van der Waals surface area contributed by atoms with E-state index >= 15 is 0 Å². The number of aromatic nitrogens is 2. The van der Waals surface area contributed by atoms with E-state index in [0.717, 1.165) is 24.7 Å². The minimum Gasteiger partial charge on any atom is -0.313 e. The van der Waals surface area contributed by atoms with Gasteiger partial charge >= 0.3 is 0 Å². The molecule has 7 heteroatoms. The summed E-state index contributed by atoms with van der Waals surface area (Å²) < 4.78 is 28.0. The van der Waals surface area contributed by atoms with E-state index in [1.165, 1.54) is 24.4 Å². The fourth-order valence-corrected chi connectivity index (χ4v) is 2.49. The highest BCUT2D eigenvalue weighted by Crippen LogP contribution is 2.30. The van der Waals surface area contributed by atoms with Crippen molar-refractivity contribution in [2.75, 3.05) is 6.54 Å². The minimum atomic E-state index is -0.667. The van der Waals surface area contributed by atoms with E-state index in [1.54, 1.807) is 0 Å². The molecule has 0 bridgehead atoms. The quantitative estimate of drug-likeness (QED) is 0.636. The maximum atomic E-state index is 14.0. The fraction of sp³-hybridized carbons (Fsp3) is 0.286. The Morgan fingerprint density at radius 1 is 1.33 bits per heavy atom. The molecule has 0 aliphatic carbocycles. The van der Waals surface area contributed by atoms with Crippen molar-refractivity contribution in [3.05, 3.63) is 51.9 Å². The van der Waals surface area contributed by atoms with Gasteiger partial charge in [-0.3, -0.25) is 4.79 Å². The first-order chi connectivity index (χ1) is 10.1. The van der Waals surface area contributed by atoms with Gasteiger partial charge in [0.15, 0.2) is 5.16 Å². The van der Waals surface area contributed by atoms with Crippen molar-refractivity contribution >= 4 is 11.8 Å². The molecule has 1 aromatic heterocycles. The minimum absolute atomic E-state index is 0.150. The Morgan fingerprint density at radius 3 is 2.67 bits per heavy atom. The van der Waals surface area contributed by atoms with Crippen molar-refractivity contribution in [3.8, 4) is 0 Å². The molecule has 2 rings (SSSR count). The fourth-order valence-electron chi connectivity index (χ4n) is 1.72. The zero-order chi connectivity index (χ0) is 15.2. The maximum absolute atomic E-state index is 14.0. The number of benzene rings is 1. The molecule has 1 aromatic carbocycles. The van der Waals surface area contributed by atoms with Gasteiger partial charge in [-0.15, -0.1) is 0 Å². The molecule has 0 saturated heterocycles. The van der Waals surface area contributed by atoms with E-state index in [2.05, 4.69) is 15.3 Å². The highest BCUT2D eigenvalue weighted by molar-refractivity contribution is 7.99. The smallest absolute Gasteiger partial charge is 0.251 e. The van der Waals surface area contributed by atoms with Gasteiger partial charge in [0.25, 0.3) is 5.56 Å². The van der Waals surface area contributed by atoms with Gasteiger partial charge in [-0.05, 0) is 42.4 Å². The average molecular weight is 311 g/mol. The number of nitrogens with one attached hydrogen (secondary N) is 2. The van der Waals surface area contributed by atoms with Gasteiger partial charge in [0.05, 0.1) is 4.90 Å². The molecular formula is C14H15F2N3OS. The molecule has 1 heterocycles. The standard InChI is InChI=1S/C14H15F2N3OS/c1-2-4-17-8-9-6-10(15)13(11(16)7-9)21-14-18-5-3-12(20)19-14/h3,5-7,17H,2,4,8H2,1H3,(H,18,19,20). The highest BCUT2D eigenvalue weighted by atomic mass is 32.2. The summed E-state index contributed by atoms with van der Waals surface area (Å²) in [5, 5.41) is 3.23. The lowest BCUT2D eigenvalue weighted by Gasteiger charge is -2.08. The van der Waals surface area contributed by atoms with Gasteiger partial charge in [0.2, 0.25) is 0 Å². The van der Waals surface area contributed by atoms with Crippen molar-refractivity contribution in [3.63, 3.8) is 0 Å². The normalized spacial score (nSPS) is 10.8. The van der Waals surface area contributed by atoms with Crippen LogP contribution in [0.5, 0.6) is 0 Å². The first-order valence-electron chi connectivity index (χ1n) is 6.52. The monoisotopic (exact) mass is 311 g/mol. The lowest BCUT2D eigenvalue weighted by molar-refractivity contribution is 0.534. The zero-order valence-corrected chi connectivity index (χ0v) is 12.3. The molecule has 0 spiro atoms. The van der Waals surface area contributed by atoms with Crippen LogP contribution >= 0.6 is 11.8 Å². The molecule has 0 amide bonds. The topological polar surface area (TPSA) is 57.8 Å². The van der Waals surface area contributed by atoms with Crippen molar-refractivity contribution < 1.29 is 8.78 Å². The average Bonchev–Trinajstić information content (AvgIpc) is 2.43. The molecular weight excluding hydrogens is 296 g/mol. The van der Waals surface area contributed by atoms with Crippen LogP contribution in [0, 0.1) is 11.6 Å². The number of hydrogen-bond donors (Lipinski definition) is 2. The molecule has 2 N–H and O–H groups in total. The molecule has 0 fully saturated rings. The SMILES string of the molecule is CCCNCc1cc(F)c(Sc2nccc(=O)[nH]2)c(F)c1. The van der Waals surface area contributed by atoms with Crippen LogP contribution in [0.15, 0.2) is 39.2 Å². The van der Waals surface area contributed by atoms with Crippen LogP contribution in [-0.4, -0.2) is 16.5 Å². The second kappa shape index (κ2) is 7.33. The van der Waals surface area contributed by atoms with E-state index in [4.69, 9.17) is 0 Å². The Balaban J connectivity index is 2.19. The molecule has 0 unspecified atom stereocenters. The zero-order valence-electron chi connectivity index (χ0n) is 11.5. The Morgan fingerprint density at radius 2 is 2.05 bits per heavy atom. The number of aromatic amines is 1. The molecule has 4 nitrogen and oxygen atoms in total. The van der Waals surface area contributed by atoms with Gasteiger partial charge in [0.1, 0.15) is 11.6 Å². The van der Waals surface area contributed by atoms with Crippen LogP contribution < -0.4 is 10.9 Å². The third-order valence-electron chi connectivity index (χ3n) is 2.66. The van der Waals surface area contributed by atoms with Gasteiger partial charge in [-0.1, -0.05) is 6.92 Å². The Bertz CT molecular complexity index is 652. The summed E-state index contributed by atoms with van der Waals surface area (Å²) in [7, 11) is 0. The van der Waals surface area contributed by atoms with Crippen LogP contribution in [0.1, 0.15) is 18.9 Å². The van der Waals surface area contributed by atoms with Crippen molar-refractivity contribution in [2.45, 2.75) is 29.9 Å². The Kier molecular flexibility index (Phi) is 5.46. The van der Waals surface area contributed by atoms with Gasteiger partial charge in [0, 0.05) is 18.8 Å². The first-order valence-corrected chi connectivity index (χ1v) is 7.33. The van der Waals surface area contributed by atoms with Gasteiger partial charge in [-0.2, -0.15) is 0 Å². The van der Waals surface area contributed by atoms with E-state index in [9.17, 15) is 13.6 Å². The summed E-state index contributed by atoms with van der Waals surface area (Å²) in [4.78, 5) is 17.2. The third kappa shape index (κ3) is 4.37. The van der Waals surface area contributed by atoms with Crippen LogP contribution in [-0.2, 0) is 6.54 Å². The van der Waals surface area contributed by atoms with Crippen LogP contribution in [0.3, 0.4) is 0 Å². The van der Waals surface area contributed by atoms with E-state index in [-0.39, 0.29) is 15.6 Å². The predicted octanol–water partition coefficient (Wildman–Crippen LogP) is 2.70. The lowest BCUT2D eigenvalue weighted by Crippen LogP contribution is -2.14. The summed E-state index contributed by atoms with van der Waals surface area (Å²) in [6.07, 6.45) is 2.24. The number of rotatable bonds is 6. The number of H-pyrrole nitrogens is 1. The van der Waals surface area contributed by atoms with Gasteiger partial charge in [-0.25, -0.2) is 13.8 Å². The van der Waals surface area contributed by atoms with Crippen LogP contribution in [0.4, 0.5) is 8.78 Å². The third-order valence-corrected chi connectivity index (χ3v) is 3.66. The predicted molar refractivity (Wildman–Crippen MR) is 77.3 cm³/mol. The van der Waals surface area contributed by atoms with E-state index in [0.29, 0.717) is 12.1 Å². The van der Waals surface area contributed by atoms with Crippen molar-refractivity contribution in [2.24, 2.45) is 0 Å². The molecule has 112 valence electrons. The Labute approximate surface area is 125 Å². The second-order valence-electron chi connectivity index (χ2n) is 4.41. The molecule has 0 radical (unpaired) electrons. The van der Waals surface area contributed by atoms with Gasteiger partial charge < -0.3 is 10.3 Å². The molecule has 0 aliphatic heterocycles. The summed E-state index contributed by atoms with van der Waals surface area (Å²) in [5.74, 6) is -1.33. The largest absolute Gasteiger partial charge is 0.313 e. The number of halogens is 2. The van der Waals surface area contributed by atoms with Crippen molar-refractivity contribution in [1.29, 1.82) is 0 Å². The first kappa shape index (κ1) is 15.7. The van der Waals surface area contributed by atoms with Crippen molar-refractivity contribution in [1.82, 2.24) is 15.3 Å². The summed E-state index contributed by atoms with van der Waals surface area (Å²) in [6.45, 7) is 3.21. The maximum Gasteiger partial charge on any atom is 0.251 e. The molecule has 0 saturated carbocycles. The van der Waals surface area contributed by atoms with E-state index < -0.39 is 11.6 Å². The highest BCUT2D eigenvalue weighted by Gasteiger charge is 2.14. The second-order valence-corrected chi connectivity index (χ2v) is 5.41. The number of hydrogen-bond acceptors (Lipinski definition) is 4. The van der Waals surface area contributed by atoms with E-state index in [1.807, 2.05) is 6.92 Å². The summed E-state index contributed by atoms with van der Waals surface area (Å²) in [5.41, 5.74) is 0.172. The summed E-state index contributed by atoms with van der Waals surface area (Å²) in [6, 6.07) is 3.81. The van der Waals surface area contributed by atoms with Crippen LogP contribution in [0.25, 0.3) is 0 Å². The molecule has 0 atom stereocenters. The summed E-state index contributed by atoms with van der Waals surface area (Å²) >= 11 is 0.755. The lowest BCUT2D eigenvalue weighted by atomic mass is 10.2. The Hall–Kier alpha value is -1.73. The molecule has 21 heavy (non-hydrogen) atoms. The molecule has 0 aliphatic rings. The molecule has 2 aromatic rings.